The van der Waals surface area contributed by atoms with Crippen molar-refractivity contribution < 1.29 is 14.6 Å². The SMILES string of the molecule is CCC1OCCC1C(O)CCC(C)(C)OC. The van der Waals surface area contributed by atoms with Gasteiger partial charge in [0.1, 0.15) is 0 Å². The number of rotatable bonds is 6. The van der Waals surface area contributed by atoms with Crippen LogP contribution in [0.15, 0.2) is 0 Å². The minimum atomic E-state index is -0.248. The fraction of sp³-hybridized carbons (Fsp3) is 1.00. The number of hydrogen-bond acceptors (Lipinski definition) is 3. The monoisotopic (exact) mass is 230 g/mol. The highest BCUT2D eigenvalue weighted by Gasteiger charge is 2.33. The van der Waals surface area contributed by atoms with Crippen molar-refractivity contribution in [2.24, 2.45) is 5.92 Å². The van der Waals surface area contributed by atoms with Gasteiger partial charge in [0.05, 0.1) is 17.8 Å². The quantitative estimate of drug-likeness (QED) is 0.761. The van der Waals surface area contributed by atoms with E-state index in [9.17, 15) is 5.11 Å². The molecule has 1 aliphatic rings. The van der Waals surface area contributed by atoms with Crippen LogP contribution < -0.4 is 0 Å². The molecule has 0 aromatic heterocycles. The molecule has 3 heteroatoms. The molecule has 0 saturated carbocycles. The first kappa shape index (κ1) is 13.9. The Hall–Kier alpha value is -0.120. The number of hydrogen-bond donors (Lipinski definition) is 1. The molecule has 0 aromatic carbocycles. The van der Waals surface area contributed by atoms with Gasteiger partial charge in [-0.1, -0.05) is 6.92 Å². The molecular weight excluding hydrogens is 204 g/mol. The van der Waals surface area contributed by atoms with Gasteiger partial charge in [0.25, 0.3) is 0 Å². The highest BCUT2D eigenvalue weighted by Crippen LogP contribution is 2.30. The Morgan fingerprint density at radius 3 is 2.75 bits per heavy atom. The van der Waals surface area contributed by atoms with Crippen molar-refractivity contribution in [2.75, 3.05) is 13.7 Å². The molecule has 0 amide bonds. The third-order valence-electron chi connectivity index (χ3n) is 3.75. The summed E-state index contributed by atoms with van der Waals surface area (Å²) < 4.78 is 11.0. The number of aliphatic hydroxyl groups excluding tert-OH is 1. The van der Waals surface area contributed by atoms with Crippen molar-refractivity contribution in [1.82, 2.24) is 0 Å². The minimum Gasteiger partial charge on any atom is -0.393 e. The maximum Gasteiger partial charge on any atom is 0.0626 e. The average Bonchev–Trinajstić information content (AvgIpc) is 2.74. The predicted molar refractivity (Wildman–Crippen MR) is 64.5 cm³/mol. The Labute approximate surface area is 99.1 Å². The summed E-state index contributed by atoms with van der Waals surface area (Å²) in [4.78, 5) is 0. The zero-order valence-electron chi connectivity index (χ0n) is 11.0. The lowest BCUT2D eigenvalue weighted by Gasteiger charge is -2.27. The van der Waals surface area contributed by atoms with Crippen LogP contribution in [0.4, 0.5) is 0 Å². The van der Waals surface area contributed by atoms with Crippen molar-refractivity contribution >= 4 is 0 Å². The summed E-state index contributed by atoms with van der Waals surface area (Å²) in [6.45, 7) is 7.03. The number of ether oxygens (including phenoxy) is 2. The number of methoxy groups -OCH3 is 1. The molecule has 1 rings (SSSR count). The molecule has 3 atom stereocenters. The molecule has 3 nitrogen and oxygen atoms in total. The average molecular weight is 230 g/mol. The van der Waals surface area contributed by atoms with Crippen molar-refractivity contribution in [3.8, 4) is 0 Å². The first-order chi connectivity index (χ1) is 7.50. The molecule has 96 valence electrons. The lowest BCUT2D eigenvalue weighted by Crippen LogP contribution is -2.31. The van der Waals surface area contributed by atoms with Gasteiger partial charge >= 0.3 is 0 Å². The first-order valence-corrected chi connectivity index (χ1v) is 6.35. The Morgan fingerprint density at radius 1 is 1.50 bits per heavy atom. The van der Waals surface area contributed by atoms with E-state index in [4.69, 9.17) is 9.47 Å². The summed E-state index contributed by atoms with van der Waals surface area (Å²) in [5.41, 5.74) is -0.137. The summed E-state index contributed by atoms with van der Waals surface area (Å²) in [6.07, 6.45) is 3.67. The molecule has 0 aromatic rings. The molecule has 1 aliphatic heterocycles. The fourth-order valence-electron chi connectivity index (χ4n) is 2.34. The second-order valence-corrected chi connectivity index (χ2v) is 5.34. The van der Waals surface area contributed by atoms with Crippen LogP contribution in [0.2, 0.25) is 0 Å². The molecule has 3 unspecified atom stereocenters. The van der Waals surface area contributed by atoms with Gasteiger partial charge in [0, 0.05) is 19.6 Å². The van der Waals surface area contributed by atoms with Crippen LogP contribution in [-0.2, 0) is 9.47 Å². The number of aliphatic hydroxyl groups is 1. The van der Waals surface area contributed by atoms with Gasteiger partial charge in [-0.15, -0.1) is 0 Å². The van der Waals surface area contributed by atoms with E-state index in [0.29, 0.717) is 5.92 Å². The van der Waals surface area contributed by atoms with Gasteiger partial charge in [-0.3, -0.25) is 0 Å². The van der Waals surface area contributed by atoms with Crippen molar-refractivity contribution in [1.29, 1.82) is 0 Å². The van der Waals surface area contributed by atoms with Crippen LogP contribution in [0.1, 0.15) is 46.5 Å². The molecule has 0 spiro atoms. The molecular formula is C13H26O3. The molecule has 1 heterocycles. The Bertz CT molecular complexity index is 203. The van der Waals surface area contributed by atoms with E-state index in [0.717, 1.165) is 32.3 Å². The summed E-state index contributed by atoms with van der Waals surface area (Å²) in [6, 6.07) is 0. The molecule has 1 saturated heterocycles. The van der Waals surface area contributed by atoms with E-state index >= 15 is 0 Å². The van der Waals surface area contributed by atoms with Crippen LogP contribution in [0.3, 0.4) is 0 Å². The van der Waals surface area contributed by atoms with Gasteiger partial charge in [-0.25, -0.2) is 0 Å². The van der Waals surface area contributed by atoms with Gasteiger partial charge < -0.3 is 14.6 Å². The maximum atomic E-state index is 10.2. The van der Waals surface area contributed by atoms with Gasteiger partial charge in [-0.05, 0) is 39.5 Å². The van der Waals surface area contributed by atoms with Crippen LogP contribution in [-0.4, -0.2) is 36.6 Å². The summed E-state index contributed by atoms with van der Waals surface area (Å²) in [5.74, 6) is 0.317. The molecule has 0 radical (unpaired) electrons. The first-order valence-electron chi connectivity index (χ1n) is 6.35. The third-order valence-corrected chi connectivity index (χ3v) is 3.75. The third kappa shape index (κ3) is 3.72. The topological polar surface area (TPSA) is 38.7 Å². The molecule has 1 fully saturated rings. The fourth-order valence-corrected chi connectivity index (χ4v) is 2.34. The van der Waals surface area contributed by atoms with Crippen LogP contribution >= 0.6 is 0 Å². The van der Waals surface area contributed by atoms with Gasteiger partial charge in [0.2, 0.25) is 0 Å². The van der Waals surface area contributed by atoms with Crippen molar-refractivity contribution in [3.63, 3.8) is 0 Å². The largest absolute Gasteiger partial charge is 0.393 e. The standard InChI is InChI=1S/C13H26O3/c1-5-12-10(7-9-16-12)11(14)6-8-13(2,3)15-4/h10-12,14H,5-9H2,1-4H3. The van der Waals surface area contributed by atoms with E-state index in [2.05, 4.69) is 20.8 Å². The van der Waals surface area contributed by atoms with Crippen LogP contribution in [0.25, 0.3) is 0 Å². The minimum absolute atomic E-state index is 0.137. The van der Waals surface area contributed by atoms with Crippen molar-refractivity contribution in [3.05, 3.63) is 0 Å². The molecule has 0 aliphatic carbocycles. The summed E-state index contributed by atoms with van der Waals surface area (Å²) in [5, 5.41) is 10.2. The highest BCUT2D eigenvalue weighted by atomic mass is 16.5. The van der Waals surface area contributed by atoms with Gasteiger partial charge in [0.15, 0.2) is 0 Å². The molecule has 0 bridgehead atoms. The smallest absolute Gasteiger partial charge is 0.0626 e. The second-order valence-electron chi connectivity index (χ2n) is 5.34. The van der Waals surface area contributed by atoms with Crippen molar-refractivity contribution in [2.45, 2.75) is 64.3 Å². The Morgan fingerprint density at radius 2 is 2.19 bits per heavy atom. The lowest BCUT2D eigenvalue weighted by molar-refractivity contribution is -0.0145. The molecule has 1 N–H and O–H groups in total. The second kappa shape index (κ2) is 5.99. The summed E-state index contributed by atoms with van der Waals surface area (Å²) in [7, 11) is 1.72. The van der Waals surface area contributed by atoms with E-state index in [1.165, 1.54) is 0 Å². The van der Waals surface area contributed by atoms with Gasteiger partial charge in [-0.2, -0.15) is 0 Å². The van der Waals surface area contributed by atoms with Crippen LogP contribution in [0, 0.1) is 5.92 Å². The Kier molecular flexibility index (Phi) is 5.22. The normalized spacial score (nSPS) is 28.3. The van der Waals surface area contributed by atoms with E-state index in [-0.39, 0.29) is 17.8 Å². The predicted octanol–water partition coefficient (Wildman–Crippen LogP) is 2.37. The summed E-state index contributed by atoms with van der Waals surface area (Å²) >= 11 is 0. The molecule has 16 heavy (non-hydrogen) atoms. The van der Waals surface area contributed by atoms with E-state index in [1.54, 1.807) is 7.11 Å². The van der Waals surface area contributed by atoms with E-state index in [1.807, 2.05) is 0 Å². The zero-order chi connectivity index (χ0) is 12.2. The maximum absolute atomic E-state index is 10.2. The van der Waals surface area contributed by atoms with E-state index < -0.39 is 0 Å². The Balaban J connectivity index is 2.37. The highest BCUT2D eigenvalue weighted by molar-refractivity contribution is 4.82. The zero-order valence-corrected chi connectivity index (χ0v) is 11.0. The van der Waals surface area contributed by atoms with Crippen LogP contribution in [0.5, 0.6) is 0 Å². The lowest BCUT2D eigenvalue weighted by atomic mass is 9.88.